The molecule has 29 heavy (non-hydrogen) atoms. The Bertz CT molecular complexity index is 969. The van der Waals surface area contributed by atoms with Crippen molar-refractivity contribution in [2.45, 2.75) is 6.92 Å². The van der Waals surface area contributed by atoms with Gasteiger partial charge in [-0.15, -0.1) is 0 Å². The van der Waals surface area contributed by atoms with Crippen LogP contribution in [0.1, 0.15) is 17.3 Å². The number of aldehydes is 1. The molecule has 0 aromatic heterocycles. The lowest BCUT2D eigenvalue weighted by Gasteiger charge is -2.11. The number of carbonyl (C=O) groups excluding carboxylic acids is 2. The molecule has 0 heterocycles. The van der Waals surface area contributed by atoms with Gasteiger partial charge in [0.1, 0.15) is 23.9 Å². The molecule has 150 valence electrons. The fourth-order valence-electron chi connectivity index (χ4n) is 2.88. The number of hydrogen-bond donors (Lipinski definition) is 1. The minimum absolute atomic E-state index is 0.178. The molecule has 0 saturated carbocycles. The SMILES string of the molecule is CCOc1ccc(OCCNC(=O)COc2ccc3ccccc3c2C=O)cc1. The van der Waals surface area contributed by atoms with Crippen LogP contribution >= 0.6 is 0 Å². The smallest absolute Gasteiger partial charge is 0.258 e. The van der Waals surface area contributed by atoms with Crippen LogP contribution in [-0.4, -0.2) is 38.6 Å². The summed E-state index contributed by atoms with van der Waals surface area (Å²) >= 11 is 0. The average molecular weight is 393 g/mol. The van der Waals surface area contributed by atoms with Crippen molar-refractivity contribution < 1.29 is 23.8 Å². The van der Waals surface area contributed by atoms with Crippen molar-refractivity contribution in [2.75, 3.05) is 26.4 Å². The highest BCUT2D eigenvalue weighted by Gasteiger charge is 2.10. The van der Waals surface area contributed by atoms with Crippen molar-refractivity contribution >= 4 is 23.0 Å². The normalized spacial score (nSPS) is 10.4. The Morgan fingerprint density at radius 3 is 2.38 bits per heavy atom. The van der Waals surface area contributed by atoms with Crippen LogP contribution in [0.5, 0.6) is 17.2 Å². The number of fused-ring (bicyclic) bond motifs is 1. The van der Waals surface area contributed by atoms with Crippen molar-refractivity contribution in [3.8, 4) is 17.2 Å². The van der Waals surface area contributed by atoms with E-state index < -0.39 is 0 Å². The zero-order valence-electron chi connectivity index (χ0n) is 16.2. The Hall–Kier alpha value is -3.54. The summed E-state index contributed by atoms with van der Waals surface area (Å²) in [7, 11) is 0. The van der Waals surface area contributed by atoms with Crippen LogP contribution < -0.4 is 19.5 Å². The minimum Gasteiger partial charge on any atom is -0.494 e. The van der Waals surface area contributed by atoms with Crippen molar-refractivity contribution in [3.05, 3.63) is 66.2 Å². The molecule has 1 N–H and O–H groups in total. The second kappa shape index (κ2) is 10.1. The molecule has 3 aromatic rings. The van der Waals surface area contributed by atoms with Gasteiger partial charge in [0.15, 0.2) is 12.9 Å². The lowest BCUT2D eigenvalue weighted by atomic mass is 10.0. The highest BCUT2D eigenvalue weighted by molar-refractivity contribution is 6.00. The summed E-state index contributed by atoms with van der Waals surface area (Å²) in [6, 6.07) is 18.4. The molecule has 0 radical (unpaired) electrons. The van der Waals surface area contributed by atoms with E-state index in [9.17, 15) is 9.59 Å². The molecule has 0 bridgehead atoms. The van der Waals surface area contributed by atoms with Crippen LogP contribution in [0.3, 0.4) is 0 Å². The number of nitrogens with one attached hydrogen (secondary N) is 1. The van der Waals surface area contributed by atoms with E-state index in [0.29, 0.717) is 36.8 Å². The highest BCUT2D eigenvalue weighted by Crippen LogP contribution is 2.26. The predicted molar refractivity (Wildman–Crippen MR) is 111 cm³/mol. The van der Waals surface area contributed by atoms with Crippen LogP contribution in [-0.2, 0) is 4.79 Å². The van der Waals surface area contributed by atoms with E-state index >= 15 is 0 Å². The molecule has 3 rings (SSSR count). The maximum Gasteiger partial charge on any atom is 0.258 e. The monoisotopic (exact) mass is 393 g/mol. The Kier molecular flexibility index (Phi) is 7.05. The Labute approximate surface area is 169 Å². The standard InChI is InChI=1S/C23H23NO5/c1-2-27-18-8-10-19(11-9-18)28-14-13-24-23(26)16-29-22-12-7-17-5-3-4-6-20(17)21(22)15-25/h3-12,15H,2,13-14,16H2,1H3,(H,24,26). The van der Waals surface area contributed by atoms with E-state index in [2.05, 4.69) is 5.32 Å². The van der Waals surface area contributed by atoms with Crippen LogP contribution in [0.2, 0.25) is 0 Å². The van der Waals surface area contributed by atoms with Crippen LogP contribution in [0.25, 0.3) is 10.8 Å². The van der Waals surface area contributed by atoms with Gasteiger partial charge in [0, 0.05) is 0 Å². The van der Waals surface area contributed by atoms with Gasteiger partial charge >= 0.3 is 0 Å². The number of benzene rings is 3. The first-order chi connectivity index (χ1) is 14.2. The third-order valence-electron chi connectivity index (χ3n) is 4.23. The minimum atomic E-state index is -0.287. The molecule has 0 aliphatic heterocycles. The first kappa shape index (κ1) is 20.2. The average Bonchev–Trinajstić information content (AvgIpc) is 2.76. The molecule has 6 heteroatoms. The summed E-state index contributed by atoms with van der Waals surface area (Å²) in [6.45, 7) is 3.03. The predicted octanol–water partition coefficient (Wildman–Crippen LogP) is 3.63. The lowest BCUT2D eigenvalue weighted by Crippen LogP contribution is -2.32. The fraction of sp³-hybridized carbons (Fsp3) is 0.217. The molecule has 0 aliphatic rings. The summed E-state index contributed by atoms with van der Waals surface area (Å²) in [5.41, 5.74) is 0.440. The third kappa shape index (κ3) is 5.48. The van der Waals surface area contributed by atoms with E-state index in [1.165, 1.54) is 0 Å². The van der Waals surface area contributed by atoms with Crippen LogP contribution in [0.4, 0.5) is 0 Å². The van der Waals surface area contributed by atoms with Crippen molar-refractivity contribution in [3.63, 3.8) is 0 Å². The van der Waals surface area contributed by atoms with Gasteiger partial charge in [0.2, 0.25) is 0 Å². The quantitative estimate of drug-likeness (QED) is 0.421. The molecule has 0 atom stereocenters. The first-order valence-corrected chi connectivity index (χ1v) is 9.43. The lowest BCUT2D eigenvalue weighted by molar-refractivity contribution is -0.123. The summed E-state index contributed by atoms with van der Waals surface area (Å²) in [6.07, 6.45) is 0.750. The van der Waals surface area contributed by atoms with E-state index in [4.69, 9.17) is 14.2 Å². The van der Waals surface area contributed by atoms with Crippen molar-refractivity contribution in [2.24, 2.45) is 0 Å². The summed E-state index contributed by atoms with van der Waals surface area (Å²) in [5, 5.41) is 4.47. The van der Waals surface area contributed by atoms with Crippen molar-refractivity contribution in [1.82, 2.24) is 5.32 Å². The van der Waals surface area contributed by atoms with E-state index in [-0.39, 0.29) is 12.5 Å². The molecule has 0 saturated heterocycles. The maximum atomic E-state index is 12.0. The summed E-state index contributed by atoms with van der Waals surface area (Å²) in [5.74, 6) is 1.59. The molecular formula is C23H23NO5. The molecule has 1 amide bonds. The molecule has 0 aliphatic carbocycles. The summed E-state index contributed by atoms with van der Waals surface area (Å²) in [4.78, 5) is 23.5. The van der Waals surface area contributed by atoms with E-state index in [0.717, 1.165) is 22.8 Å². The zero-order chi connectivity index (χ0) is 20.5. The Morgan fingerprint density at radius 2 is 1.66 bits per heavy atom. The first-order valence-electron chi connectivity index (χ1n) is 9.43. The number of carbonyl (C=O) groups is 2. The molecule has 3 aromatic carbocycles. The largest absolute Gasteiger partial charge is 0.494 e. The van der Waals surface area contributed by atoms with Gasteiger partial charge in [-0.2, -0.15) is 0 Å². The van der Waals surface area contributed by atoms with Crippen LogP contribution in [0, 0.1) is 0 Å². The second-order valence-electron chi connectivity index (χ2n) is 6.21. The second-order valence-corrected chi connectivity index (χ2v) is 6.21. The number of rotatable bonds is 10. The number of hydrogen-bond acceptors (Lipinski definition) is 5. The highest BCUT2D eigenvalue weighted by atomic mass is 16.5. The van der Waals surface area contributed by atoms with Gasteiger partial charge in [-0.1, -0.05) is 30.3 Å². The van der Waals surface area contributed by atoms with Gasteiger partial charge in [-0.3, -0.25) is 9.59 Å². The Morgan fingerprint density at radius 1 is 0.931 bits per heavy atom. The van der Waals surface area contributed by atoms with Gasteiger partial charge in [0.05, 0.1) is 18.7 Å². The molecule has 6 nitrogen and oxygen atoms in total. The third-order valence-corrected chi connectivity index (χ3v) is 4.23. The van der Waals surface area contributed by atoms with Gasteiger partial charge < -0.3 is 19.5 Å². The van der Waals surface area contributed by atoms with Gasteiger partial charge in [-0.05, 0) is 48.0 Å². The topological polar surface area (TPSA) is 73.9 Å². The number of ether oxygens (including phenoxy) is 3. The van der Waals surface area contributed by atoms with Crippen LogP contribution in [0.15, 0.2) is 60.7 Å². The van der Waals surface area contributed by atoms with Gasteiger partial charge in [-0.25, -0.2) is 0 Å². The molecule has 0 spiro atoms. The van der Waals surface area contributed by atoms with Crippen molar-refractivity contribution in [1.29, 1.82) is 0 Å². The Balaban J connectivity index is 1.44. The molecule has 0 unspecified atom stereocenters. The van der Waals surface area contributed by atoms with E-state index in [1.807, 2.05) is 61.5 Å². The van der Waals surface area contributed by atoms with E-state index in [1.54, 1.807) is 6.07 Å². The number of amides is 1. The summed E-state index contributed by atoms with van der Waals surface area (Å²) < 4.78 is 16.5. The molecular weight excluding hydrogens is 370 g/mol. The maximum absolute atomic E-state index is 12.0. The zero-order valence-corrected chi connectivity index (χ0v) is 16.2. The fourth-order valence-corrected chi connectivity index (χ4v) is 2.88. The molecule has 0 fully saturated rings. The van der Waals surface area contributed by atoms with Gasteiger partial charge in [0.25, 0.3) is 5.91 Å².